The molecule has 4 atom stereocenters. The predicted octanol–water partition coefficient (Wildman–Crippen LogP) is 18.0. The molecule has 2 fully saturated rings. The van der Waals surface area contributed by atoms with E-state index in [0.717, 1.165) is 103 Å². The van der Waals surface area contributed by atoms with E-state index >= 15 is 0 Å². The molecule has 0 amide bonds. The second kappa shape index (κ2) is 84.6. The molecule has 0 saturated carbocycles. The number of aliphatic hydroxyl groups is 2. The van der Waals surface area contributed by atoms with Gasteiger partial charge in [-0.15, -0.1) is 0 Å². The summed E-state index contributed by atoms with van der Waals surface area (Å²) < 4.78 is 10.2. The Hall–Kier alpha value is -4.40. The van der Waals surface area contributed by atoms with Gasteiger partial charge in [0.05, 0.1) is 13.2 Å². The Labute approximate surface area is 545 Å². The second-order valence-corrected chi connectivity index (χ2v) is 23.2. The van der Waals surface area contributed by atoms with Gasteiger partial charge in [0.1, 0.15) is 24.4 Å². The van der Waals surface area contributed by atoms with Gasteiger partial charge in [-0.3, -0.25) is 38.4 Å². The van der Waals surface area contributed by atoms with Crippen molar-refractivity contribution in [3.8, 4) is 0 Å². The Balaban J connectivity index is -0.000000172. The number of carboxylic acid groups (broad SMARTS) is 8. The molecule has 538 valence electrons. The van der Waals surface area contributed by atoms with Crippen LogP contribution in [0.15, 0.2) is 0 Å². The molecule has 90 heavy (non-hydrogen) atoms. The molecule has 2 heterocycles. The maximum absolute atomic E-state index is 10.0. The van der Waals surface area contributed by atoms with Gasteiger partial charge in [0.15, 0.2) is 0 Å². The molecule has 0 bridgehead atoms. The number of hydrogen-bond acceptors (Lipinski definition) is 12. The van der Waals surface area contributed by atoms with Crippen molar-refractivity contribution in [3.05, 3.63) is 0 Å². The number of unbranched alkanes of at least 4 members (excludes halogenated alkanes) is 32. The molecule has 20 heteroatoms. The molecule has 20 nitrogen and oxygen atoms in total. The molecule has 0 spiro atoms. The van der Waals surface area contributed by atoms with Crippen molar-refractivity contribution in [2.24, 2.45) is 0 Å². The third-order valence-electron chi connectivity index (χ3n) is 14.0. The lowest BCUT2D eigenvalue weighted by atomic mass is 10.1. The molecule has 10 N–H and O–H groups in total. The van der Waals surface area contributed by atoms with E-state index in [1.165, 1.54) is 154 Å². The van der Waals surface area contributed by atoms with Crippen LogP contribution < -0.4 is 0 Å². The van der Waals surface area contributed by atoms with Gasteiger partial charge in [-0.05, 0) is 51.4 Å². The summed E-state index contributed by atoms with van der Waals surface area (Å²) in [5, 5.41) is 84.5. The van der Waals surface area contributed by atoms with Gasteiger partial charge in [0, 0.05) is 51.4 Å². The first-order valence-corrected chi connectivity index (χ1v) is 35.3. The Morgan fingerprint density at radius 1 is 0.222 bits per heavy atom. The van der Waals surface area contributed by atoms with Gasteiger partial charge < -0.3 is 60.5 Å². The van der Waals surface area contributed by atoms with Crippen LogP contribution in [-0.2, 0) is 47.8 Å². The minimum atomic E-state index is -0.670. The normalized spacial score (nSPS) is 14.6. The van der Waals surface area contributed by atoms with Crippen molar-refractivity contribution in [2.75, 3.05) is 13.2 Å². The van der Waals surface area contributed by atoms with E-state index in [9.17, 15) is 38.4 Å². The lowest BCUT2D eigenvalue weighted by molar-refractivity contribution is -0.138. The van der Waals surface area contributed by atoms with Gasteiger partial charge in [-0.2, -0.15) is 0 Å². The third-order valence-corrected chi connectivity index (χ3v) is 14.0. The van der Waals surface area contributed by atoms with Crippen LogP contribution in [0, 0.1) is 0 Å². The number of carboxylic acids is 8. The quantitative estimate of drug-likeness (QED) is 0.0253. The Bertz CT molecular complexity index is 1260. The highest BCUT2D eigenvalue weighted by molar-refractivity contribution is 5.68. The van der Waals surface area contributed by atoms with E-state index in [-0.39, 0.29) is 25.4 Å². The highest BCUT2D eigenvalue weighted by atomic mass is 16.6. The fraction of sp³-hybridized carbons (Fsp3) is 0.886. The van der Waals surface area contributed by atoms with Crippen LogP contribution in [0.2, 0.25) is 0 Å². The summed E-state index contributed by atoms with van der Waals surface area (Å²) in [6.07, 6.45) is 45.4. The van der Waals surface area contributed by atoms with E-state index in [1.807, 2.05) is 0 Å². The van der Waals surface area contributed by atoms with Crippen molar-refractivity contribution in [2.45, 2.75) is 388 Å². The molecule has 0 aromatic carbocycles. The van der Waals surface area contributed by atoms with E-state index in [0.29, 0.717) is 51.4 Å². The second-order valence-electron chi connectivity index (χ2n) is 23.2. The zero-order chi connectivity index (χ0) is 69.7. The molecule has 2 rings (SSSR count). The Kier molecular flexibility index (Phi) is 93.2. The van der Waals surface area contributed by atoms with Gasteiger partial charge >= 0.3 is 47.8 Å². The summed E-state index contributed by atoms with van der Waals surface area (Å²) in [7, 11) is 0. The molecule has 2 aliphatic rings. The maximum atomic E-state index is 10.0. The van der Waals surface area contributed by atoms with Crippen molar-refractivity contribution < 1.29 is 98.9 Å². The summed E-state index contributed by atoms with van der Waals surface area (Å²) in [6, 6.07) is 0. The minimum Gasteiger partial charge on any atom is -0.481 e. The van der Waals surface area contributed by atoms with Crippen molar-refractivity contribution in [1.29, 1.82) is 0 Å². The van der Waals surface area contributed by atoms with Crippen molar-refractivity contribution >= 4 is 47.8 Å². The highest BCUT2D eigenvalue weighted by Crippen LogP contribution is 2.26. The number of fused-ring (bicyclic) bond motifs is 1. The van der Waals surface area contributed by atoms with E-state index < -0.39 is 60.0 Å². The predicted molar refractivity (Wildman–Crippen MR) is 360 cm³/mol. The standard InChI is InChI=1S/8C8H16O2.C6H10O4/c8*1-2-3-4-5-6-7-8(9)10;7-3-1-9-6-4(8)2-10-5(3)6/h8*2-7H2,1H3,(H,9,10);3-8H,1-2H2/t;;;;;;;;3-,4+,5-,6-/m........1/s1. The SMILES string of the molecule is CCCCCCCC(=O)O.CCCCCCCC(=O)O.CCCCCCCC(=O)O.CCCCCCCC(=O)O.CCCCCCCC(=O)O.CCCCCCCC(=O)O.CCCCCCCC(=O)O.CCCCCCCC(=O)O.O[C@@H]1CO[C@H]2[C@@H]1OC[C@@H]2O. The molecule has 0 unspecified atom stereocenters. The number of carbonyl (C=O) groups is 8. The average Bonchev–Trinajstić information content (AvgIpc) is 1.90. The fourth-order valence-electron chi connectivity index (χ4n) is 8.50. The van der Waals surface area contributed by atoms with Crippen LogP contribution in [0.5, 0.6) is 0 Å². The summed E-state index contributed by atoms with van der Waals surface area (Å²) in [4.78, 5) is 80.3. The minimum absolute atomic E-state index is 0.284. The van der Waals surface area contributed by atoms with E-state index in [2.05, 4.69) is 55.4 Å². The first kappa shape index (κ1) is 99.2. The maximum Gasteiger partial charge on any atom is 0.303 e. The monoisotopic (exact) mass is 1300 g/mol. The lowest BCUT2D eigenvalue weighted by Crippen LogP contribution is -2.30. The largest absolute Gasteiger partial charge is 0.481 e. The Morgan fingerprint density at radius 2 is 0.333 bits per heavy atom. The van der Waals surface area contributed by atoms with Crippen molar-refractivity contribution in [1.82, 2.24) is 0 Å². The number of ether oxygens (including phenoxy) is 2. The van der Waals surface area contributed by atoms with E-state index in [4.69, 9.17) is 60.5 Å². The number of rotatable bonds is 48. The summed E-state index contributed by atoms with van der Waals surface area (Å²) in [5.41, 5.74) is 0. The first-order chi connectivity index (χ1) is 42.9. The van der Waals surface area contributed by atoms with Crippen LogP contribution in [0.1, 0.15) is 364 Å². The number of aliphatic carboxylic acids is 8. The topological polar surface area (TPSA) is 357 Å². The summed E-state index contributed by atoms with van der Waals surface area (Å²) >= 11 is 0. The summed E-state index contributed by atoms with van der Waals surface area (Å²) in [5.74, 6) is -5.36. The lowest BCUT2D eigenvalue weighted by Gasteiger charge is -2.09. The molecular weight excluding hydrogens is 1160 g/mol. The van der Waals surface area contributed by atoms with Gasteiger partial charge in [-0.1, -0.05) is 261 Å². The molecule has 0 aliphatic carbocycles. The molecule has 0 aromatic heterocycles. The van der Waals surface area contributed by atoms with E-state index in [1.54, 1.807) is 0 Å². The van der Waals surface area contributed by atoms with Gasteiger partial charge in [0.2, 0.25) is 0 Å². The van der Waals surface area contributed by atoms with Crippen LogP contribution in [-0.4, -0.2) is 136 Å². The van der Waals surface area contributed by atoms with Crippen LogP contribution >= 0.6 is 0 Å². The Morgan fingerprint density at radius 3 is 0.433 bits per heavy atom. The highest BCUT2D eigenvalue weighted by Gasteiger charge is 2.46. The molecular formula is C70H138O20. The van der Waals surface area contributed by atoms with Crippen LogP contribution in [0.3, 0.4) is 0 Å². The average molecular weight is 1300 g/mol. The zero-order valence-corrected chi connectivity index (χ0v) is 58.2. The van der Waals surface area contributed by atoms with Crippen LogP contribution in [0.4, 0.5) is 0 Å². The third kappa shape index (κ3) is 105. The smallest absolute Gasteiger partial charge is 0.303 e. The summed E-state index contributed by atoms with van der Waals surface area (Å²) in [6.45, 7) is 17.8. The van der Waals surface area contributed by atoms with Gasteiger partial charge in [0.25, 0.3) is 0 Å². The molecule has 2 aliphatic heterocycles. The fourth-order valence-corrected chi connectivity index (χ4v) is 8.50. The number of aliphatic hydroxyl groups excluding tert-OH is 2. The molecule has 2 saturated heterocycles. The van der Waals surface area contributed by atoms with Crippen molar-refractivity contribution in [3.63, 3.8) is 0 Å². The first-order valence-electron chi connectivity index (χ1n) is 35.3. The number of hydrogen-bond donors (Lipinski definition) is 10. The molecule has 0 radical (unpaired) electrons. The molecule has 0 aromatic rings. The van der Waals surface area contributed by atoms with Gasteiger partial charge in [-0.25, -0.2) is 0 Å². The zero-order valence-electron chi connectivity index (χ0n) is 58.2. The van der Waals surface area contributed by atoms with Crippen LogP contribution in [0.25, 0.3) is 0 Å².